The molecule has 0 radical (unpaired) electrons. The fourth-order valence-electron chi connectivity index (χ4n) is 5.52. The lowest BCUT2D eigenvalue weighted by molar-refractivity contribution is -0.134. The minimum absolute atomic E-state index is 0.00250. The number of halogens is 1. The van der Waals surface area contributed by atoms with Crippen LogP contribution in [0.5, 0.6) is 0 Å². The predicted molar refractivity (Wildman–Crippen MR) is 144 cm³/mol. The number of aliphatic carboxylic acids is 1. The number of anilines is 1. The topological polar surface area (TPSA) is 91.0 Å². The maximum atomic E-state index is 15.2. The molecule has 6 rings (SSSR count). The molecule has 202 valence electrons. The second-order valence-electron chi connectivity index (χ2n) is 10.7. The van der Waals surface area contributed by atoms with Gasteiger partial charge in [0.25, 0.3) is 11.9 Å². The second-order valence-corrected chi connectivity index (χ2v) is 10.7. The first-order valence-electron chi connectivity index (χ1n) is 13.8. The number of carboxylic acid groups (broad SMARTS) is 1. The number of aromatic nitrogens is 3. The standard InChI is InChI=1S/C27H32FN5O.C2H4O2/c1-18-7-3-2-4-14-32(18)27(34)24-16-25(19-8-9-19)33-26(29-24)17-23(30-33)21-11-10-20(15-22(21)28)31-12-5-6-13-31;1-2(3)4/h10-11,15-19H,2-9,12-14H2,1H3;1H3,(H,3,4). The van der Waals surface area contributed by atoms with Crippen LogP contribution in [0.2, 0.25) is 0 Å². The Bertz CT molecular complexity index is 1330. The summed E-state index contributed by atoms with van der Waals surface area (Å²) in [5.74, 6) is -0.716. The molecule has 0 bridgehead atoms. The van der Waals surface area contributed by atoms with E-state index in [0.29, 0.717) is 28.5 Å². The van der Waals surface area contributed by atoms with Gasteiger partial charge in [-0.05, 0) is 69.7 Å². The molecule has 38 heavy (non-hydrogen) atoms. The fraction of sp³-hybridized carbons (Fsp3) is 0.517. The van der Waals surface area contributed by atoms with Crippen LogP contribution in [-0.4, -0.2) is 62.2 Å². The fourth-order valence-corrected chi connectivity index (χ4v) is 5.52. The number of carbonyl (C=O) groups excluding carboxylic acids is 1. The molecule has 1 unspecified atom stereocenters. The number of hydrogen-bond donors (Lipinski definition) is 1. The van der Waals surface area contributed by atoms with Crippen molar-refractivity contribution in [1.82, 2.24) is 19.5 Å². The maximum Gasteiger partial charge on any atom is 0.300 e. The van der Waals surface area contributed by atoms with Crippen molar-refractivity contribution in [2.24, 2.45) is 0 Å². The molecule has 2 saturated heterocycles. The van der Waals surface area contributed by atoms with Gasteiger partial charge in [-0.25, -0.2) is 13.9 Å². The van der Waals surface area contributed by atoms with E-state index in [1.807, 2.05) is 33.7 Å². The van der Waals surface area contributed by atoms with Crippen molar-refractivity contribution in [2.75, 3.05) is 24.5 Å². The van der Waals surface area contributed by atoms with E-state index in [1.165, 1.54) is 12.8 Å². The molecule has 8 nitrogen and oxygen atoms in total. The highest BCUT2D eigenvalue weighted by atomic mass is 19.1. The summed E-state index contributed by atoms with van der Waals surface area (Å²) in [6.45, 7) is 5.96. The van der Waals surface area contributed by atoms with Gasteiger partial charge < -0.3 is 14.9 Å². The van der Waals surface area contributed by atoms with Crippen LogP contribution >= 0.6 is 0 Å². The zero-order valence-electron chi connectivity index (χ0n) is 22.2. The van der Waals surface area contributed by atoms with E-state index in [0.717, 1.165) is 76.5 Å². The van der Waals surface area contributed by atoms with Crippen molar-refractivity contribution in [3.8, 4) is 11.3 Å². The first-order chi connectivity index (χ1) is 18.3. The Morgan fingerprint density at radius 3 is 2.37 bits per heavy atom. The maximum absolute atomic E-state index is 15.2. The number of rotatable bonds is 4. The lowest BCUT2D eigenvalue weighted by atomic mass is 10.1. The van der Waals surface area contributed by atoms with Crippen LogP contribution in [0.3, 0.4) is 0 Å². The molecule has 2 aliphatic heterocycles. The lowest BCUT2D eigenvalue weighted by Gasteiger charge is -2.27. The molecule has 2 aromatic heterocycles. The van der Waals surface area contributed by atoms with Gasteiger partial charge in [-0.3, -0.25) is 9.59 Å². The van der Waals surface area contributed by atoms with Crippen molar-refractivity contribution in [1.29, 1.82) is 0 Å². The minimum atomic E-state index is -0.833. The van der Waals surface area contributed by atoms with Crippen LogP contribution in [-0.2, 0) is 4.79 Å². The summed E-state index contributed by atoms with van der Waals surface area (Å²) in [6.07, 6.45) is 8.89. The SMILES string of the molecule is CC(=O)O.CC1CCCCCN1C(=O)c1cc(C2CC2)n2nc(-c3ccc(N4CCCC4)cc3F)cc2n1. The average Bonchev–Trinajstić information content (AvgIpc) is 3.47. The molecule has 4 heterocycles. The van der Waals surface area contributed by atoms with Gasteiger partial charge in [-0.1, -0.05) is 12.8 Å². The summed E-state index contributed by atoms with van der Waals surface area (Å²) in [6, 6.07) is 9.40. The Kier molecular flexibility index (Phi) is 7.63. The molecule has 3 fully saturated rings. The van der Waals surface area contributed by atoms with E-state index in [-0.39, 0.29) is 17.8 Å². The van der Waals surface area contributed by atoms with Crippen LogP contribution in [0.25, 0.3) is 16.9 Å². The first-order valence-corrected chi connectivity index (χ1v) is 13.8. The Labute approximate surface area is 222 Å². The summed E-state index contributed by atoms with van der Waals surface area (Å²) >= 11 is 0. The Hall–Kier alpha value is -3.49. The second kappa shape index (κ2) is 11.1. The van der Waals surface area contributed by atoms with E-state index in [2.05, 4.69) is 11.8 Å². The normalized spacial score (nSPS) is 19.7. The number of benzene rings is 1. The minimum Gasteiger partial charge on any atom is -0.481 e. The van der Waals surface area contributed by atoms with Gasteiger partial charge in [0.1, 0.15) is 11.5 Å². The molecule has 1 aliphatic carbocycles. The Morgan fingerprint density at radius 1 is 0.974 bits per heavy atom. The van der Waals surface area contributed by atoms with Gasteiger partial charge in [0, 0.05) is 61.5 Å². The highest BCUT2D eigenvalue weighted by Crippen LogP contribution is 2.41. The summed E-state index contributed by atoms with van der Waals surface area (Å²) in [4.78, 5) is 31.4. The molecular weight excluding hydrogens is 485 g/mol. The molecule has 1 saturated carbocycles. The molecule has 1 atom stereocenters. The summed E-state index contributed by atoms with van der Waals surface area (Å²) in [5, 5.41) is 12.2. The lowest BCUT2D eigenvalue weighted by Crippen LogP contribution is -2.38. The third-order valence-corrected chi connectivity index (χ3v) is 7.68. The third kappa shape index (κ3) is 5.66. The van der Waals surface area contributed by atoms with E-state index < -0.39 is 5.97 Å². The van der Waals surface area contributed by atoms with Gasteiger partial charge in [-0.2, -0.15) is 5.10 Å². The van der Waals surface area contributed by atoms with Crippen molar-refractivity contribution in [3.05, 3.63) is 47.5 Å². The van der Waals surface area contributed by atoms with E-state index in [9.17, 15) is 4.79 Å². The number of fused-ring (bicyclic) bond motifs is 1. The molecule has 1 N–H and O–H groups in total. The molecule has 3 aromatic rings. The average molecular weight is 522 g/mol. The van der Waals surface area contributed by atoms with Crippen LogP contribution in [0.15, 0.2) is 30.3 Å². The number of likely N-dealkylation sites (tertiary alicyclic amines) is 1. The molecule has 1 aromatic carbocycles. The Balaban J connectivity index is 0.000000689. The van der Waals surface area contributed by atoms with E-state index in [4.69, 9.17) is 20.0 Å². The zero-order valence-corrected chi connectivity index (χ0v) is 22.2. The highest BCUT2D eigenvalue weighted by molar-refractivity contribution is 5.93. The van der Waals surface area contributed by atoms with Gasteiger partial charge in [0.05, 0.1) is 5.69 Å². The van der Waals surface area contributed by atoms with Gasteiger partial charge in [0.15, 0.2) is 5.65 Å². The smallest absolute Gasteiger partial charge is 0.300 e. The van der Waals surface area contributed by atoms with Crippen molar-refractivity contribution in [2.45, 2.75) is 77.2 Å². The van der Waals surface area contributed by atoms with Crippen molar-refractivity contribution in [3.63, 3.8) is 0 Å². The quantitative estimate of drug-likeness (QED) is 0.487. The van der Waals surface area contributed by atoms with Crippen LogP contribution < -0.4 is 4.90 Å². The molecule has 1 amide bonds. The monoisotopic (exact) mass is 521 g/mol. The molecule has 9 heteroatoms. The van der Waals surface area contributed by atoms with Crippen molar-refractivity contribution >= 4 is 23.2 Å². The van der Waals surface area contributed by atoms with E-state index >= 15 is 4.39 Å². The number of amides is 1. The molecular formula is C29H36FN5O3. The Morgan fingerprint density at radius 2 is 1.68 bits per heavy atom. The summed E-state index contributed by atoms with van der Waals surface area (Å²) in [7, 11) is 0. The number of nitrogens with zero attached hydrogens (tertiary/aromatic N) is 5. The summed E-state index contributed by atoms with van der Waals surface area (Å²) in [5.41, 5.74) is 4.08. The van der Waals surface area contributed by atoms with Gasteiger partial charge in [-0.15, -0.1) is 0 Å². The largest absolute Gasteiger partial charge is 0.481 e. The van der Waals surface area contributed by atoms with Crippen LogP contribution in [0, 0.1) is 5.82 Å². The molecule has 0 spiro atoms. The zero-order chi connectivity index (χ0) is 26.8. The van der Waals surface area contributed by atoms with Crippen molar-refractivity contribution < 1.29 is 19.1 Å². The number of carbonyl (C=O) groups is 2. The van der Waals surface area contributed by atoms with Gasteiger partial charge in [0.2, 0.25) is 0 Å². The van der Waals surface area contributed by atoms with Gasteiger partial charge >= 0.3 is 0 Å². The highest BCUT2D eigenvalue weighted by Gasteiger charge is 2.31. The van der Waals surface area contributed by atoms with E-state index in [1.54, 1.807) is 6.07 Å². The molecule has 3 aliphatic rings. The number of hydrogen-bond acceptors (Lipinski definition) is 5. The number of carboxylic acids is 1. The summed E-state index contributed by atoms with van der Waals surface area (Å²) < 4.78 is 17.0. The predicted octanol–water partition coefficient (Wildman–Crippen LogP) is 5.51. The first kappa shape index (κ1) is 26.1. The third-order valence-electron chi connectivity index (χ3n) is 7.68. The van der Waals surface area contributed by atoms with Crippen LogP contribution in [0.1, 0.15) is 87.3 Å². The van der Waals surface area contributed by atoms with Crippen LogP contribution in [0.4, 0.5) is 10.1 Å².